The van der Waals surface area contributed by atoms with Gasteiger partial charge < -0.3 is 10.8 Å². The number of carboxylic acid groups (broad SMARTS) is 1. The molecule has 0 aliphatic rings. The van der Waals surface area contributed by atoms with Gasteiger partial charge in [0.15, 0.2) is 0 Å². The monoisotopic (exact) mass is 319 g/mol. The van der Waals surface area contributed by atoms with E-state index in [-0.39, 0.29) is 11.3 Å². The Bertz CT molecular complexity index is 770. The third kappa shape index (κ3) is 2.88. The summed E-state index contributed by atoms with van der Waals surface area (Å²) in [4.78, 5) is 9.10. The van der Waals surface area contributed by atoms with Crippen LogP contribution < -0.4 is 5.73 Å². The Morgan fingerprint density at radius 3 is 2.14 bits per heavy atom. The summed E-state index contributed by atoms with van der Waals surface area (Å²) in [5.74, 6) is -1.57. The fourth-order valence-corrected chi connectivity index (χ4v) is 3.61. The van der Waals surface area contributed by atoms with Gasteiger partial charge in [-0.1, -0.05) is 48.0 Å². The van der Waals surface area contributed by atoms with Gasteiger partial charge in [-0.05, 0) is 24.6 Å². The minimum Gasteiger partial charge on any atom is -0.479 e. The van der Waals surface area contributed by atoms with E-state index >= 15 is 0 Å². The molecule has 1 unspecified atom stereocenters. The standard InChI is InChI=1S/C16H17NO4S/c1-12-7-9-14(10-8-12)22(20,21)16(17,15(18)19)11-13-5-3-2-4-6-13/h2-10H,11,17H2,1H3,(H,18,19). The van der Waals surface area contributed by atoms with E-state index in [0.29, 0.717) is 5.56 Å². The predicted octanol–water partition coefficient (Wildman–Crippen LogP) is 1.75. The highest BCUT2D eigenvalue weighted by Crippen LogP contribution is 2.26. The summed E-state index contributed by atoms with van der Waals surface area (Å²) in [7, 11) is -4.24. The fraction of sp³-hybridized carbons (Fsp3) is 0.188. The summed E-state index contributed by atoms with van der Waals surface area (Å²) < 4.78 is 25.4. The van der Waals surface area contributed by atoms with Crippen LogP contribution in [0.1, 0.15) is 11.1 Å². The Hall–Kier alpha value is -2.18. The summed E-state index contributed by atoms with van der Waals surface area (Å²) >= 11 is 0. The van der Waals surface area contributed by atoms with Crippen molar-refractivity contribution in [2.75, 3.05) is 0 Å². The van der Waals surface area contributed by atoms with E-state index in [4.69, 9.17) is 5.73 Å². The largest absolute Gasteiger partial charge is 0.479 e. The number of carbonyl (C=O) groups is 1. The molecule has 0 aromatic heterocycles. The number of benzene rings is 2. The zero-order valence-corrected chi connectivity index (χ0v) is 12.9. The maximum absolute atomic E-state index is 12.7. The van der Waals surface area contributed by atoms with Crippen LogP contribution in [0.3, 0.4) is 0 Å². The first-order chi connectivity index (χ1) is 10.3. The lowest BCUT2D eigenvalue weighted by Gasteiger charge is -2.25. The lowest BCUT2D eigenvalue weighted by molar-refractivity contribution is -0.140. The van der Waals surface area contributed by atoms with Crippen LogP contribution in [0.2, 0.25) is 0 Å². The van der Waals surface area contributed by atoms with Gasteiger partial charge in [0.1, 0.15) is 0 Å². The highest BCUT2D eigenvalue weighted by atomic mass is 32.2. The second-order valence-electron chi connectivity index (χ2n) is 5.17. The van der Waals surface area contributed by atoms with E-state index in [1.807, 2.05) is 6.92 Å². The maximum Gasteiger partial charge on any atom is 0.340 e. The molecule has 0 heterocycles. The lowest BCUT2D eigenvalue weighted by Crippen LogP contribution is -2.56. The zero-order chi connectivity index (χ0) is 16.4. The number of hydrogen-bond acceptors (Lipinski definition) is 4. The average Bonchev–Trinajstić information content (AvgIpc) is 2.48. The van der Waals surface area contributed by atoms with Crippen molar-refractivity contribution >= 4 is 15.8 Å². The van der Waals surface area contributed by atoms with E-state index < -0.39 is 20.7 Å². The fourth-order valence-electron chi connectivity index (χ4n) is 2.11. The van der Waals surface area contributed by atoms with Gasteiger partial charge in [0.2, 0.25) is 14.7 Å². The smallest absolute Gasteiger partial charge is 0.340 e. The quantitative estimate of drug-likeness (QED) is 0.875. The number of carboxylic acids is 1. The maximum atomic E-state index is 12.7. The minimum atomic E-state index is -4.24. The van der Waals surface area contributed by atoms with Crippen molar-refractivity contribution in [1.82, 2.24) is 0 Å². The molecule has 0 saturated carbocycles. The Morgan fingerprint density at radius 1 is 1.09 bits per heavy atom. The highest BCUT2D eigenvalue weighted by Gasteiger charge is 2.48. The molecule has 0 aliphatic heterocycles. The molecule has 2 rings (SSSR count). The van der Waals surface area contributed by atoms with Crippen LogP contribution in [0.4, 0.5) is 0 Å². The number of nitrogens with two attached hydrogens (primary N) is 1. The molecule has 2 aromatic rings. The van der Waals surface area contributed by atoms with Crippen molar-refractivity contribution in [1.29, 1.82) is 0 Å². The van der Waals surface area contributed by atoms with Crippen molar-refractivity contribution in [2.45, 2.75) is 23.1 Å². The van der Waals surface area contributed by atoms with Crippen molar-refractivity contribution in [3.8, 4) is 0 Å². The first-order valence-corrected chi connectivity index (χ1v) is 8.13. The van der Waals surface area contributed by atoms with Gasteiger partial charge in [0, 0.05) is 6.42 Å². The van der Waals surface area contributed by atoms with Gasteiger partial charge >= 0.3 is 5.97 Å². The van der Waals surface area contributed by atoms with Gasteiger partial charge in [-0.25, -0.2) is 13.2 Å². The predicted molar refractivity (Wildman–Crippen MR) is 83.1 cm³/mol. The van der Waals surface area contributed by atoms with Crippen molar-refractivity contribution < 1.29 is 18.3 Å². The number of aliphatic carboxylic acids is 1. The molecule has 22 heavy (non-hydrogen) atoms. The molecule has 0 radical (unpaired) electrons. The van der Waals surface area contributed by atoms with Crippen molar-refractivity contribution in [3.05, 3.63) is 65.7 Å². The first-order valence-electron chi connectivity index (χ1n) is 6.65. The summed E-state index contributed by atoms with van der Waals surface area (Å²) in [6, 6.07) is 14.4. The third-order valence-corrected chi connectivity index (χ3v) is 5.65. The molecule has 0 aliphatic carbocycles. The van der Waals surface area contributed by atoms with Crippen LogP contribution in [0.15, 0.2) is 59.5 Å². The third-order valence-electron chi connectivity index (χ3n) is 3.48. The second-order valence-corrected chi connectivity index (χ2v) is 7.38. The van der Waals surface area contributed by atoms with E-state index in [1.54, 1.807) is 42.5 Å². The van der Waals surface area contributed by atoms with E-state index in [0.717, 1.165) is 5.56 Å². The van der Waals surface area contributed by atoms with Crippen molar-refractivity contribution in [2.24, 2.45) is 5.73 Å². The topological polar surface area (TPSA) is 97.5 Å². The molecule has 0 fully saturated rings. The van der Waals surface area contributed by atoms with Crippen LogP contribution in [-0.4, -0.2) is 24.4 Å². The molecule has 2 aromatic carbocycles. The van der Waals surface area contributed by atoms with Crippen molar-refractivity contribution in [3.63, 3.8) is 0 Å². The summed E-state index contributed by atoms with van der Waals surface area (Å²) in [6.45, 7) is 1.81. The van der Waals surface area contributed by atoms with E-state index in [9.17, 15) is 18.3 Å². The van der Waals surface area contributed by atoms with Gasteiger partial charge in [0.05, 0.1) is 4.90 Å². The number of rotatable bonds is 5. The summed E-state index contributed by atoms with van der Waals surface area (Å²) in [5, 5.41) is 9.44. The van der Waals surface area contributed by atoms with Gasteiger partial charge in [-0.2, -0.15) is 0 Å². The molecule has 5 nitrogen and oxygen atoms in total. The average molecular weight is 319 g/mol. The Balaban J connectivity index is 2.50. The minimum absolute atomic E-state index is 0.0982. The Morgan fingerprint density at radius 2 is 1.64 bits per heavy atom. The molecule has 116 valence electrons. The molecule has 1 atom stereocenters. The first kappa shape index (κ1) is 16.2. The van der Waals surface area contributed by atoms with Crippen LogP contribution in [-0.2, 0) is 21.1 Å². The molecule has 0 spiro atoms. The highest BCUT2D eigenvalue weighted by molar-refractivity contribution is 7.93. The molecule has 6 heteroatoms. The van der Waals surface area contributed by atoms with Crippen LogP contribution >= 0.6 is 0 Å². The van der Waals surface area contributed by atoms with Crippen LogP contribution in [0, 0.1) is 6.92 Å². The number of hydrogen-bond donors (Lipinski definition) is 2. The Labute approximate surface area is 129 Å². The number of sulfone groups is 1. The summed E-state index contributed by atoms with van der Waals surface area (Å²) in [6.07, 6.45) is -0.306. The molecule has 3 N–H and O–H groups in total. The SMILES string of the molecule is Cc1ccc(S(=O)(=O)C(N)(Cc2ccccc2)C(=O)O)cc1. The summed E-state index contributed by atoms with van der Waals surface area (Å²) in [5.41, 5.74) is 7.25. The molecular weight excluding hydrogens is 302 g/mol. The van der Waals surface area contributed by atoms with Crippen LogP contribution in [0.25, 0.3) is 0 Å². The normalized spacial score (nSPS) is 14.3. The zero-order valence-electron chi connectivity index (χ0n) is 12.1. The van der Waals surface area contributed by atoms with Crippen LogP contribution in [0.5, 0.6) is 0 Å². The number of aryl methyl sites for hydroxylation is 1. The molecule has 0 amide bonds. The Kier molecular flexibility index (Phi) is 4.35. The molecule has 0 saturated heterocycles. The van der Waals surface area contributed by atoms with Gasteiger partial charge in [-0.3, -0.25) is 0 Å². The van der Waals surface area contributed by atoms with E-state index in [2.05, 4.69) is 0 Å². The van der Waals surface area contributed by atoms with Gasteiger partial charge in [-0.15, -0.1) is 0 Å². The molecule has 0 bridgehead atoms. The molecular formula is C16H17NO4S. The van der Waals surface area contributed by atoms with E-state index in [1.165, 1.54) is 12.1 Å². The van der Waals surface area contributed by atoms with Gasteiger partial charge in [0.25, 0.3) is 0 Å². The lowest BCUT2D eigenvalue weighted by atomic mass is 10.1. The second kappa shape index (κ2) is 5.90.